The van der Waals surface area contributed by atoms with Crippen molar-refractivity contribution in [2.24, 2.45) is 0 Å². The highest BCUT2D eigenvalue weighted by Crippen LogP contribution is 2.30. The highest BCUT2D eigenvalue weighted by molar-refractivity contribution is 7.22. The van der Waals surface area contributed by atoms with Crippen molar-refractivity contribution in [2.75, 3.05) is 11.9 Å². The molecule has 1 heterocycles. The topological polar surface area (TPSA) is 51.2 Å². The molecule has 4 nitrogen and oxygen atoms in total. The Morgan fingerprint density at radius 2 is 2.04 bits per heavy atom. The van der Waals surface area contributed by atoms with E-state index >= 15 is 0 Å². The number of nitrogens with one attached hydrogen (secondary N) is 1. The van der Waals surface area contributed by atoms with Gasteiger partial charge in [0.1, 0.15) is 5.75 Å². The third-order valence-electron chi connectivity index (χ3n) is 3.37. The summed E-state index contributed by atoms with van der Waals surface area (Å²) < 4.78 is 6.51. The molecule has 0 spiro atoms. The summed E-state index contributed by atoms with van der Waals surface area (Å²) in [7, 11) is 0. The van der Waals surface area contributed by atoms with Crippen molar-refractivity contribution < 1.29 is 9.53 Å². The zero-order valence-corrected chi connectivity index (χ0v) is 14.3. The standard InChI is InChI=1S/C17H15ClN2O2S/c1-10-5-3-4-6-14(10)22-9-16(21)20-17-19-13-8-12(18)11(2)7-15(13)23-17/h3-8H,9H2,1-2H3,(H,19,20,21). The van der Waals surface area contributed by atoms with Crippen molar-refractivity contribution in [3.63, 3.8) is 0 Å². The monoisotopic (exact) mass is 346 g/mol. The number of ether oxygens (including phenoxy) is 1. The molecule has 118 valence electrons. The Balaban J connectivity index is 1.67. The van der Waals surface area contributed by atoms with Gasteiger partial charge in [-0.25, -0.2) is 4.98 Å². The highest BCUT2D eigenvalue weighted by Gasteiger charge is 2.10. The van der Waals surface area contributed by atoms with Gasteiger partial charge in [0.25, 0.3) is 5.91 Å². The smallest absolute Gasteiger partial charge is 0.264 e. The second-order valence-corrected chi connectivity index (χ2v) is 6.63. The van der Waals surface area contributed by atoms with Crippen LogP contribution in [0.4, 0.5) is 5.13 Å². The molecule has 3 aromatic rings. The van der Waals surface area contributed by atoms with Gasteiger partial charge in [-0.2, -0.15) is 0 Å². The minimum absolute atomic E-state index is 0.0550. The van der Waals surface area contributed by atoms with Gasteiger partial charge >= 0.3 is 0 Å². The van der Waals surface area contributed by atoms with Crippen LogP contribution < -0.4 is 10.1 Å². The number of benzene rings is 2. The molecule has 0 saturated carbocycles. The summed E-state index contributed by atoms with van der Waals surface area (Å²) in [6, 6.07) is 11.4. The van der Waals surface area contributed by atoms with Crippen LogP contribution in [0.3, 0.4) is 0 Å². The number of hydrogen-bond acceptors (Lipinski definition) is 4. The van der Waals surface area contributed by atoms with E-state index in [0.29, 0.717) is 15.9 Å². The van der Waals surface area contributed by atoms with E-state index < -0.39 is 0 Å². The van der Waals surface area contributed by atoms with Crippen LogP contribution in [0, 0.1) is 13.8 Å². The number of hydrogen-bond donors (Lipinski definition) is 1. The van der Waals surface area contributed by atoms with Crippen LogP contribution in [0.15, 0.2) is 36.4 Å². The normalized spacial score (nSPS) is 10.7. The Hall–Kier alpha value is -2.11. The molecule has 2 aromatic carbocycles. The van der Waals surface area contributed by atoms with E-state index in [4.69, 9.17) is 16.3 Å². The van der Waals surface area contributed by atoms with E-state index in [1.807, 2.05) is 50.2 Å². The fourth-order valence-corrected chi connectivity index (χ4v) is 3.24. The molecule has 6 heteroatoms. The van der Waals surface area contributed by atoms with Crippen molar-refractivity contribution in [1.29, 1.82) is 0 Å². The zero-order valence-electron chi connectivity index (χ0n) is 12.7. The number of rotatable bonds is 4. The Bertz CT molecular complexity index is 837. The van der Waals surface area contributed by atoms with Gasteiger partial charge in [0.05, 0.1) is 10.2 Å². The molecule has 0 fully saturated rings. The van der Waals surface area contributed by atoms with Crippen molar-refractivity contribution in [1.82, 2.24) is 4.98 Å². The Kier molecular flexibility index (Phi) is 4.50. The summed E-state index contributed by atoms with van der Waals surface area (Å²) in [4.78, 5) is 16.4. The predicted molar refractivity (Wildman–Crippen MR) is 94.7 cm³/mol. The second-order valence-electron chi connectivity index (χ2n) is 5.19. The lowest BCUT2D eigenvalue weighted by atomic mass is 10.2. The largest absolute Gasteiger partial charge is 0.483 e. The van der Waals surface area contributed by atoms with Crippen LogP contribution in [-0.2, 0) is 4.79 Å². The molecule has 0 radical (unpaired) electrons. The third kappa shape index (κ3) is 3.63. The number of thiazole rings is 1. The first-order valence-electron chi connectivity index (χ1n) is 7.08. The summed E-state index contributed by atoms with van der Waals surface area (Å²) in [5.41, 5.74) is 2.76. The SMILES string of the molecule is Cc1cc2sc(NC(=O)COc3ccccc3C)nc2cc1Cl. The number of halogens is 1. The number of amides is 1. The van der Waals surface area contributed by atoms with Gasteiger partial charge in [0.15, 0.2) is 11.7 Å². The lowest BCUT2D eigenvalue weighted by Crippen LogP contribution is -2.20. The van der Waals surface area contributed by atoms with E-state index in [2.05, 4.69) is 10.3 Å². The Labute approximate surface area is 143 Å². The maximum Gasteiger partial charge on any atom is 0.264 e. The molecule has 0 aliphatic rings. The first-order valence-corrected chi connectivity index (χ1v) is 8.27. The van der Waals surface area contributed by atoms with Crippen LogP contribution in [0.5, 0.6) is 5.75 Å². The Morgan fingerprint density at radius 1 is 1.26 bits per heavy atom. The molecular formula is C17H15ClN2O2S. The van der Waals surface area contributed by atoms with Gasteiger partial charge < -0.3 is 4.74 Å². The first kappa shape index (κ1) is 15.8. The molecule has 0 aliphatic heterocycles. The van der Waals surface area contributed by atoms with Crippen LogP contribution in [0.25, 0.3) is 10.2 Å². The van der Waals surface area contributed by atoms with Gasteiger partial charge in [-0.3, -0.25) is 10.1 Å². The van der Waals surface area contributed by atoms with Gasteiger partial charge in [-0.1, -0.05) is 41.1 Å². The average Bonchev–Trinajstić information content (AvgIpc) is 2.88. The molecule has 0 unspecified atom stereocenters. The van der Waals surface area contributed by atoms with Gasteiger partial charge in [0.2, 0.25) is 0 Å². The first-order chi connectivity index (χ1) is 11.0. The molecule has 0 aliphatic carbocycles. The van der Waals surface area contributed by atoms with Crippen LogP contribution in [0.2, 0.25) is 5.02 Å². The summed E-state index contributed by atoms with van der Waals surface area (Å²) >= 11 is 7.51. The molecule has 3 rings (SSSR count). The quantitative estimate of drug-likeness (QED) is 0.752. The molecule has 0 bridgehead atoms. The number of aromatic nitrogens is 1. The fourth-order valence-electron chi connectivity index (χ4n) is 2.12. The number of para-hydroxylation sites is 1. The van der Waals surface area contributed by atoms with Gasteiger partial charge in [0, 0.05) is 5.02 Å². The van der Waals surface area contributed by atoms with Crippen molar-refractivity contribution >= 4 is 44.2 Å². The van der Waals surface area contributed by atoms with Crippen molar-refractivity contribution in [3.8, 4) is 5.75 Å². The maximum absolute atomic E-state index is 12.0. The van der Waals surface area contributed by atoms with Crippen LogP contribution in [-0.4, -0.2) is 17.5 Å². The number of nitrogens with zero attached hydrogens (tertiary/aromatic N) is 1. The average molecular weight is 347 g/mol. The summed E-state index contributed by atoms with van der Waals surface area (Å²) in [6.07, 6.45) is 0. The Morgan fingerprint density at radius 3 is 2.83 bits per heavy atom. The third-order valence-corrected chi connectivity index (χ3v) is 4.71. The minimum atomic E-state index is -0.241. The van der Waals surface area contributed by atoms with Crippen LogP contribution >= 0.6 is 22.9 Å². The maximum atomic E-state index is 12.0. The number of anilines is 1. The number of fused-ring (bicyclic) bond motifs is 1. The fraction of sp³-hybridized carbons (Fsp3) is 0.176. The van der Waals surface area contributed by atoms with E-state index in [0.717, 1.165) is 21.3 Å². The van der Waals surface area contributed by atoms with E-state index in [-0.39, 0.29) is 12.5 Å². The zero-order chi connectivity index (χ0) is 16.4. The van der Waals surface area contributed by atoms with E-state index in [9.17, 15) is 4.79 Å². The second kappa shape index (κ2) is 6.56. The van der Waals surface area contributed by atoms with Crippen molar-refractivity contribution in [2.45, 2.75) is 13.8 Å². The molecule has 0 atom stereocenters. The molecular weight excluding hydrogens is 332 g/mol. The lowest BCUT2D eigenvalue weighted by molar-refractivity contribution is -0.118. The predicted octanol–water partition coefficient (Wildman–Crippen LogP) is 4.58. The highest BCUT2D eigenvalue weighted by atomic mass is 35.5. The van der Waals surface area contributed by atoms with Gasteiger partial charge in [-0.15, -0.1) is 0 Å². The number of aryl methyl sites for hydroxylation is 2. The summed E-state index contributed by atoms with van der Waals surface area (Å²) in [6.45, 7) is 3.82. The lowest BCUT2D eigenvalue weighted by Gasteiger charge is -2.07. The number of carbonyl (C=O) groups excluding carboxylic acids is 1. The van der Waals surface area contributed by atoms with E-state index in [1.54, 1.807) is 0 Å². The molecule has 1 amide bonds. The molecule has 0 saturated heterocycles. The molecule has 23 heavy (non-hydrogen) atoms. The molecule has 1 N–H and O–H groups in total. The minimum Gasteiger partial charge on any atom is -0.483 e. The number of carbonyl (C=O) groups is 1. The van der Waals surface area contributed by atoms with Gasteiger partial charge in [-0.05, 0) is 43.2 Å². The summed E-state index contributed by atoms with van der Waals surface area (Å²) in [5.74, 6) is 0.462. The van der Waals surface area contributed by atoms with Crippen LogP contribution in [0.1, 0.15) is 11.1 Å². The summed E-state index contributed by atoms with van der Waals surface area (Å²) in [5, 5.41) is 3.97. The van der Waals surface area contributed by atoms with E-state index in [1.165, 1.54) is 11.3 Å². The molecule has 1 aromatic heterocycles. The van der Waals surface area contributed by atoms with Crippen molar-refractivity contribution in [3.05, 3.63) is 52.5 Å².